The summed E-state index contributed by atoms with van der Waals surface area (Å²) in [4.78, 5) is 0. The van der Waals surface area contributed by atoms with E-state index < -0.39 is 0 Å². The van der Waals surface area contributed by atoms with Gasteiger partial charge in [-0.1, -0.05) is 18.1 Å². The highest BCUT2D eigenvalue weighted by Gasteiger charge is 2.02. The highest BCUT2D eigenvalue weighted by molar-refractivity contribution is 5.27. The van der Waals surface area contributed by atoms with Crippen molar-refractivity contribution in [2.24, 2.45) is 0 Å². The summed E-state index contributed by atoms with van der Waals surface area (Å²) in [5.74, 6) is 2.80. The molecule has 0 amide bonds. The van der Waals surface area contributed by atoms with E-state index in [4.69, 9.17) is 11.5 Å². The normalized spacial score (nSPS) is 12.0. The molecule has 0 aliphatic carbocycles. The Bertz CT molecular complexity index is 297. The fraction of sp³-hybridized carbons (Fsp3) is 0.273. The van der Waals surface area contributed by atoms with Gasteiger partial charge >= 0.3 is 0 Å². The number of terminal acetylenes is 1. The molecule has 0 saturated heterocycles. The average Bonchev–Trinajstić information content (AvgIpc) is 2.15. The quantitative estimate of drug-likeness (QED) is 0.685. The first-order valence-electron chi connectivity index (χ1n) is 4.20. The predicted octanol–water partition coefficient (Wildman–Crippen LogP) is 1.68. The van der Waals surface area contributed by atoms with Crippen LogP contribution in [0.25, 0.3) is 0 Å². The topological polar surface area (TPSA) is 32.3 Å². The third-order valence-corrected chi connectivity index (χ3v) is 1.90. The number of hydrogen-bond donors (Lipinski definition) is 2. The molecule has 1 aromatic rings. The molecule has 1 aromatic carbocycles. The fourth-order valence-electron chi connectivity index (χ4n) is 1.09. The maximum absolute atomic E-state index is 9.06. The van der Waals surface area contributed by atoms with Gasteiger partial charge < -0.3 is 5.11 Å². The van der Waals surface area contributed by atoms with Gasteiger partial charge in [0, 0.05) is 6.04 Å². The lowest BCUT2D eigenvalue weighted by Crippen LogP contribution is -2.18. The summed E-state index contributed by atoms with van der Waals surface area (Å²) in [6.45, 7) is 2.59. The summed E-state index contributed by atoms with van der Waals surface area (Å²) in [7, 11) is 0. The molecule has 1 unspecified atom stereocenters. The lowest BCUT2D eigenvalue weighted by molar-refractivity contribution is 0.474. The van der Waals surface area contributed by atoms with Gasteiger partial charge in [-0.05, 0) is 24.6 Å². The number of hydrogen-bond acceptors (Lipinski definition) is 2. The van der Waals surface area contributed by atoms with Crippen LogP contribution in [0.2, 0.25) is 0 Å². The molecule has 2 nitrogen and oxygen atoms in total. The lowest BCUT2D eigenvalue weighted by atomic mass is 10.1. The van der Waals surface area contributed by atoms with E-state index in [1.165, 1.54) is 0 Å². The minimum Gasteiger partial charge on any atom is -0.508 e. The number of aromatic hydroxyl groups is 1. The summed E-state index contributed by atoms with van der Waals surface area (Å²) >= 11 is 0. The van der Waals surface area contributed by atoms with Gasteiger partial charge in [-0.2, -0.15) is 0 Å². The molecule has 0 bridgehead atoms. The molecule has 0 fully saturated rings. The molecule has 0 saturated carbocycles. The molecule has 0 heterocycles. The van der Waals surface area contributed by atoms with Gasteiger partial charge in [0.2, 0.25) is 0 Å². The van der Waals surface area contributed by atoms with E-state index in [0.717, 1.165) is 5.56 Å². The second-order valence-electron chi connectivity index (χ2n) is 2.90. The molecule has 2 N–H and O–H groups in total. The monoisotopic (exact) mass is 175 g/mol. The summed E-state index contributed by atoms with van der Waals surface area (Å²) in [5.41, 5.74) is 1.12. The van der Waals surface area contributed by atoms with Crippen molar-refractivity contribution in [1.29, 1.82) is 0 Å². The van der Waals surface area contributed by atoms with Gasteiger partial charge in [-0.25, -0.2) is 0 Å². The largest absolute Gasteiger partial charge is 0.508 e. The van der Waals surface area contributed by atoms with Crippen LogP contribution in [0.4, 0.5) is 0 Å². The molecule has 1 rings (SSSR count). The first kappa shape index (κ1) is 9.63. The van der Waals surface area contributed by atoms with Crippen molar-refractivity contribution in [3.8, 4) is 18.1 Å². The van der Waals surface area contributed by atoms with Crippen molar-refractivity contribution in [3.63, 3.8) is 0 Å². The third-order valence-electron chi connectivity index (χ3n) is 1.90. The molecule has 68 valence electrons. The van der Waals surface area contributed by atoms with Gasteiger partial charge in [0.15, 0.2) is 0 Å². The fourth-order valence-corrected chi connectivity index (χ4v) is 1.09. The molecule has 2 heteroatoms. The highest BCUT2D eigenvalue weighted by Crippen LogP contribution is 2.15. The SMILES string of the molecule is C#CCNC(C)c1ccc(O)cc1. The Morgan fingerprint density at radius 3 is 2.62 bits per heavy atom. The van der Waals surface area contributed by atoms with E-state index in [2.05, 4.69) is 11.2 Å². The van der Waals surface area contributed by atoms with Crippen LogP contribution in [0.15, 0.2) is 24.3 Å². The van der Waals surface area contributed by atoms with E-state index in [0.29, 0.717) is 6.54 Å². The van der Waals surface area contributed by atoms with Gasteiger partial charge in [0.05, 0.1) is 6.54 Å². The zero-order chi connectivity index (χ0) is 9.68. The summed E-state index contributed by atoms with van der Waals surface area (Å²) in [5, 5.41) is 12.2. The van der Waals surface area contributed by atoms with Crippen molar-refractivity contribution in [1.82, 2.24) is 5.32 Å². The van der Waals surface area contributed by atoms with Crippen LogP contribution in [0.3, 0.4) is 0 Å². The zero-order valence-corrected chi connectivity index (χ0v) is 7.62. The minimum absolute atomic E-state index is 0.219. The molecule has 0 radical (unpaired) electrons. The number of phenols is 1. The predicted molar refractivity (Wildman–Crippen MR) is 53.4 cm³/mol. The van der Waals surface area contributed by atoms with Crippen molar-refractivity contribution in [2.75, 3.05) is 6.54 Å². The highest BCUT2D eigenvalue weighted by atomic mass is 16.3. The Morgan fingerprint density at radius 2 is 2.08 bits per heavy atom. The van der Waals surface area contributed by atoms with Gasteiger partial charge in [-0.3, -0.25) is 5.32 Å². The average molecular weight is 175 g/mol. The van der Waals surface area contributed by atoms with Crippen LogP contribution in [-0.2, 0) is 0 Å². The van der Waals surface area contributed by atoms with Crippen LogP contribution in [0, 0.1) is 12.3 Å². The van der Waals surface area contributed by atoms with E-state index in [1.807, 2.05) is 19.1 Å². The van der Waals surface area contributed by atoms with E-state index in [9.17, 15) is 0 Å². The number of nitrogens with one attached hydrogen (secondary N) is 1. The lowest BCUT2D eigenvalue weighted by Gasteiger charge is -2.11. The molecule has 13 heavy (non-hydrogen) atoms. The molecule has 0 aliphatic heterocycles. The van der Waals surface area contributed by atoms with Crippen molar-refractivity contribution < 1.29 is 5.11 Å². The van der Waals surface area contributed by atoms with Crippen LogP contribution in [0.5, 0.6) is 5.75 Å². The Morgan fingerprint density at radius 1 is 1.46 bits per heavy atom. The van der Waals surface area contributed by atoms with Gasteiger partial charge in [-0.15, -0.1) is 6.42 Å². The maximum atomic E-state index is 9.06. The first-order chi connectivity index (χ1) is 6.24. The minimum atomic E-state index is 0.219. The second-order valence-corrected chi connectivity index (χ2v) is 2.90. The van der Waals surface area contributed by atoms with Crippen LogP contribution in [0.1, 0.15) is 18.5 Å². The summed E-state index contributed by atoms with van der Waals surface area (Å²) < 4.78 is 0. The van der Waals surface area contributed by atoms with Crippen molar-refractivity contribution in [2.45, 2.75) is 13.0 Å². The first-order valence-corrected chi connectivity index (χ1v) is 4.20. The second kappa shape index (κ2) is 4.54. The van der Waals surface area contributed by atoms with Gasteiger partial charge in [0.1, 0.15) is 5.75 Å². The Labute approximate surface area is 78.6 Å². The van der Waals surface area contributed by atoms with Crippen LogP contribution in [-0.4, -0.2) is 11.7 Å². The zero-order valence-electron chi connectivity index (χ0n) is 7.62. The van der Waals surface area contributed by atoms with E-state index >= 15 is 0 Å². The number of rotatable bonds is 3. The standard InChI is InChI=1S/C11H13NO/c1-3-8-12-9(2)10-4-6-11(13)7-5-10/h1,4-7,9,12-13H,8H2,2H3. The molecule has 1 atom stereocenters. The molecule has 0 aliphatic rings. The van der Waals surface area contributed by atoms with Crippen LogP contribution < -0.4 is 5.32 Å². The third kappa shape index (κ3) is 2.81. The molecule has 0 spiro atoms. The van der Waals surface area contributed by atoms with Crippen molar-refractivity contribution >= 4 is 0 Å². The Hall–Kier alpha value is -1.46. The summed E-state index contributed by atoms with van der Waals surface area (Å²) in [6, 6.07) is 7.32. The Balaban J connectivity index is 2.62. The number of phenolic OH excluding ortho intramolecular Hbond substituents is 1. The van der Waals surface area contributed by atoms with Crippen LogP contribution >= 0.6 is 0 Å². The van der Waals surface area contributed by atoms with Gasteiger partial charge in [0.25, 0.3) is 0 Å². The summed E-state index contributed by atoms with van der Waals surface area (Å²) in [6.07, 6.45) is 5.13. The Kier molecular flexibility index (Phi) is 3.36. The van der Waals surface area contributed by atoms with Crippen molar-refractivity contribution in [3.05, 3.63) is 29.8 Å². The molecule has 0 aromatic heterocycles. The molecular formula is C11H13NO. The smallest absolute Gasteiger partial charge is 0.115 e. The maximum Gasteiger partial charge on any atom is 0.115 e. The number of benzene rings is 1. The van der Waals surface area contributed by atoms with E-state index in [1.54, 1.807) is 12.1 Å². The van der Waals surface area contributed by atoms with E-state index in [-0.39, 0.29) is 11.8 Å². The molecular weight excluding hydrogens is 162 g/mol.